The molecule has 6 atom stereocenters. The summed E-state index contributed by atoms with van der Waals surface area (Å²) < 4.78 is 12.0. The maximum Gasteiger partial charge on any atom is 0.253 e. The molecule has 4 saturated heterocycles. The van der Waals surface area contributed by atoms with Crippen molar-refractivity contribution in [2.45, 2.75) is 50.9 Å². The molecular weight excluding hydrogens is 632 g/mol. The van der Waals surface area contributed by atoms with Gasteiger partial charge >= 0.3 is 0 Å². The molecule has 0 bridgehead atoms. The van der Waals surface area contributed by atoms with Crippen molar-refractivity contribution in [1.29, 1.82) is 0 Å². The summed E-state index contributed by atoms with van der Waals surface area (Å²) >= 11 is 0. The average Bonchev–Trinajstić information content (AvgIpc) is 3.82. The Hall–Kier alpha value is -5.32. The summed E-state index contributed by atoms with van der Waals surface area (Å²) in [6, 6.07) is 29.9. The predicted molar refractivity (Wildman–Crippen MR) is 186 cm³/mol. The van der Waals surface area contributed by atoms with E-state index in [0.717, 1.165) is 24.0 Å². The van der Waals surface area contributed by atoms with Crippen molar-refractivity contribution in [2.24, 2.45) is 11.8 Å². The molecule has 4 aromatic rings. The molecule has 4 fully saturated rings. The minimum absolute atomic E-state index is 0.369. The zero-order valence-corrected chi connectivity index (χ0v) is 27.9. The van der Waals surface area contributed by atoms with E-state index in [-0.39, 0.29) is 11.8 Å². The molecule has 4 amide bonds. The number of amides is 4. The molecule has 0 radical (unpaired) electrons. The van der Waals surface area contributed by atoms with E-state index >= 15 is 0 Å². The number of para-hydroxylation sites is 4. The zero-order valence-electron chi connectivity index (χ0n) is 27.9. The summed E-state index contributed by atoms with van der Waals surface area (Å²) in [5, 5.41) is 3.77. The molecule has 0 N–H and O–H groups in total. The summed E-state index contributed by atoms with van der Waals surface area (Å²) in [4.78, 5) is 61.7. The Morgan fingerprint density at radius 1 is 0.460 bits per heavy atom. The highest BCUT2D eigenvalue weighted by Gasteiger charge is 2.73. The van der Waals surface area contributed by atoms with Crippen LogP contribution in [-0.4, -0.2) is 58.9 Å². The third-order valence-electron chi connectivity index (χ3n) is 10.1. The second kappa shape index (κ2) is 12.9. The van der Waals surface area contributed by atoms with Crippen LogP contribution in [0.3, 0.4) is 0 Å². The lowest BCUT2D eigenvalue weighted by Crippen LogP contribution is -2.50. The number of ether oxygens (including phenoxy) is 2. The van der Waals surface area contributed by atoms with Gasteiger partial charge in [-0.15, -0.1) is 0 Å². The van der Waals surface area contributed by atoms with Gasteiger partial charge in [0.05, 0.1) is 48.5 Å². The Bertz CT molecular complexity index is 1810. The molecule has 50 heavy (non-hydrogen) atoms. The van der Waals surface area contributed by atoms with Crippen LogP contribution < -0.4 is 19.3 Å². The number of fused-ring (bicyclic) bond motifs is 5. The molecule has 4 aliphatic heterocycles. The van der Waals surface area contributed by atoms with Gasteiger partial charge in [-0.3, -0.25) is 19.2 Å². The number of anilines is 2. The topological polar surface area (TPSA) is 99.7 Å². The lowest BCUT2D eigenvalue weighted by molar-refractivity contribution is -0.136. The molecule has 0 aliphatic carbocycles. The number of hydrogen-bond acceptors (Lipinski definition) is 8. The van der Waals surface area contributed by atoms with E-state index in [2.05, 4.69) is 0 Å². The first-order valence-electron chi connectivity index (χ1n) is 17.3. The van der Waals surface area contributed by atoms with Crippen molar-refractivity contribution in [3.8, 4) is 11.5 Å². The normalized spacial score (nSPS) is 26.0. The summed E-state index contributed by atoms with van der Waals surface area (Å²) in [7, 11) is 0. The van der Waals surface area contributed by atoms with Crippen LogP contribution in [0.1, 0.15) is 49.9 Å². The van der Waals surface area contributed by atoms with Gasteiger partial charge in [0, 0.05) is 0 Å². The molecule has 4 heterocycles. The third kappa shape index (κ3) is 4.77. The number of rotatable bonds is 10. The van der Waals surface area contributed by atoms with Gasteiger partial charge in [-0.25, -0.2) is 19.8 Å². The van der Waals surface area contributed by atoms with E-state index in [1.165, 1.54) is 9.80 Å². The molecule has 254 valence electrons. The smallest absolute Gasteiger partial charge is 0.253 e. The molecule has 0 aromatic heterocycles. The summed E-state index contributed by atoms with van der Waals surface area (Å²) in [6.45, 7) is 4.85. The van der Waals surface area contributed by atoms with Crippen LogP contribution in [0.2, 0.25) is 0 Å². The molecule has 4 aliphatic rings. The summed E-state index contributed by atoms with van der Waals surface area (Å²) in [6.07, 6.45) is 1.52. The Kier molecular flexibility index (Phi) is 8.20. The first-order chi connectivity index (χ1) is 24.5. The second-order valence-electron chi connectivity index (χ2n) is 13.1. The molecule has 0 saturated carbocycles. The number of hydrazine groups is 1. The molecule has 10 nitrogen and oxygen atoms in total. The van der Waals surface area contributed by atoms with Crippen LogP contribution >= 0.6 is 0 Å². The lowest BCUT2D eigenvalue weighted by atomic mass is 9.84. The summed E-state index contributed by atoms with van der Waals surface area (Å²) in [5.41, 5.74) is 2.34. The fraction of sp³-hybridized carbons (Fsp3) is 0.300. The van der Waals surface area contributed by atoms with Crippen LogP contribution in [-0.2, 0) is 19.2 Å². The SMILES string of the molecule is CCCOc1ccccc1N1C(=O)[C@H]2[C@@H](c3ccccc3)N3[C@H]4C(=O)N(c5ccccc5OCCC)C(=O)[C@H]4[C@@H](c4ccccc4)N3[C@H]2C1=O. The van der Waals surface area contributed by atoms with Gasteiger partial charge in [0.1, 0.15) is 23.6 Å². The number of imide groups is 2. The van der Waals surface area contributed by atoms with E-state index in [1.54, 1.807) is 36.4 Å². The Balaban J connectivity index is 1.29. The Labute approximate surface area is 290 Å². The maximum absolute atomic E-state index is 14.8. The highest BCUT2D eigenvalue weighted by molar-refractivity contribution is 6.26. The molecule has 0 unspecified atom stereocenters. The lowest BCUT2D eigenvalue weighted by Gasteiger charge is -2.36. The second-order valence-corrected chi connectivity index (χ2v) is 13.1. The minimum atomic E-state index is -0.961. The molecule has 0 spiro atoms. The molecular formula is C40H38N4O6. The Morgan fingerprint density at radius 3 is 1.20 bits per heavy atom. The zero-order chi connectivity index (χ0) is 34.5. The number of carbonyl (C=O) groups is 4. The first kappa shape index (κ1) is 31.9. The van der Waals surface area contributed by atoms with Gasteiger partial charge < -0.3 is 9.47 Å². The fourth-order valence-electron chi connectivity index (χ4n) is 8.23. The number of benzene rings is 4. The minimum Gasteiger partial charge on any atom is -0.491 e. The van der Waals surface area contributed by atoms with Crippen LogP contribution in [0.25, 0.3) is 0 Å². The van der Waals surface area contributed by atoms with Crippen molar-refractivity contribution < 1.29 is 28.7 Å². The van der Waals surface area contributed by atoms with Gasteiger partial charge in [0.25, 0.3) is 11.8 Å². The summed E-state index contributed by atoms with van der Waals surface area (Å²) in [5.74, 6) is -2.36. The van der Waals surface area contributed by atoms with Gasteiger partial charge in [-0.1, -0.05) is 98.8 Å². The highest BCUT2D eigenvalue weighted by atomic mass is 16.5. The van der Waals surface area contributed by atoms with E-state index in [9.17, 15) is 19.2 Å². The van der Waals surface area contributed by atoms with Gasteiger partial charge in [-0.05, 0) is 48.2 Å². The third-order valence-corrected chi connectivity index (χ3v) is 10.1. The van der Waals surface area contributed by atoms with Crippen molar-refractivity contribution in [2.75, 3.05) is 23.0 Å². The van der Waals surface area contributed by atoms with Crippen LogP contribution in [0.15, 0.2) is 109 Å². The largest absolute Gasteiger partial charge is 0.491 e. The predicted octanol–water partition coefficient (Wildman–Crippen LogP) is 5.71. The fourth-order valence-corrected chi connectivity index (χ4v) is 8.23. The average molecular weight is 671 g/mol. The standard InChI is InChI=1S/C40H38N4O6/c1-3-23-49-29-21-13-11-19-27(29)41-37(45)31-33(25-15-7-5-8-16-25)44-36-32(34(26-17-9-6-10-18-26)43(44)35(31)39(41)47)38(46)42(40(36)48)28-20-12-14-22-30(28)50-24-4-2/h5-22,31-36H,3-4,23-24H2,1-2H3/t31-,32-,33+,34+,35+,36+/m0/s1. The molecule has 4 aromatic carbocycles. The number of nitrogens with zero attached hydrogens (tertiary/aromatic N) is 4. The van der Waals surface area contributed by atoms with Crippen molar-refractivity contribution in [1.82, 2.24) is 10.0 Å². The van der Waals surface area contributed by atoms with Gasteiger partial charge in [0.15, 0.2) is 0 Å². The van der Waals surface area contributed by atoms with Crippen molar-refractivity contribution >= 4 is 35.0 Å². The number of carbonyl (C=O) groups excluding carboxylic acids is 4. The van der Waals surface area contributed by atoms with Gasteiger partial charge in [-0.2, -0.15) is 0 Å². The van der Waals surface area contributed by atoms with Crippen LogP contribution in [0.4, 0.5) is 11.4 Å². The monoisotopic (exact) mass is 670 g/mol. The number of hydrogen-bond donors (Lipinski definition) is 0. The molecule has 8 rings (SSSR count). The maximum atomic E-state index is 14.8. The Morgan fingerprint density at radius 2 is 0.820 bits per heavy atom. The van der Waals surface area contributed by atoms with Crippen molar-refractivity contribution in [3.63, 3.8) is 0 Å². The van der Waals surface area contributed by atoms with Crippen LogP contribution in [0, 0.1) is 11.8 Å². The van der Waals surface area contributed by atoms with Crippen molar-refractivity contribution in [3.05, 3.63) is 120 Å². The molecule has 10 heteroatoms. The highest BCUT2D eigenvalue weighted by Crippen LogP contribution is 2.60. The quantitative estimate of drug-likeness (QED) is 0.198. The van der Waals surface area contributed by atoms with Gasteiger partial charge in [0.2, 0.25) is 11.8 Å². The van der Waals surface area contributed by atoms with Crippen LogP contribution in [0.5, 0.6) is 11.5 Å². The van der Waals surface area contributed by atoms with E-state index < -0.39 is 47.8 Å². The van der Waals surface area contributed by atoms with E-state index in [1.807, 2.05) is 96.7 Å². The van der Waals surface area contributed by atoms with E-state index in [0.29, 0.717) is 36.1 Å². The first-order valence-corrected chi connectivity index (χ1v) is 17.3. The van der Waals surface area contributed by atoms with E-state index in [4.69, 9.17) is 9.47 Å².